The number of benzene rings is 3. The van der Waals surface area contributed by atoms with E-state index in [1.807, 2.05) is 37.3 Å². The minimum atomic E-state index is -4.47. The number of aryl methyl sites for hydroxylation is 1. The van der Waals surface area contributed by atoms with E-state index in [9.17, 15) is 13.2 Å². The number of hydrogen-bond acceptors (Lipinski definition) is 6. The summed E-state index contributed by atoms with van der Waals surface area (Å²) in [5.41, 5.74) is -0.570. The summed E-state index contributed by atoms with van der Waals surface area (Å²) < 4.78 is 59.7. The van der Waals surface area contributed by atoms with Gasteiger partial charge >= 0.3 is 5.97 Å². The largest absolute Gasteiger partial charge is 0.458 e. The molecule has 3 atom stereocenters. The molecule has 3 unspecified atom stereocenters. The topological polar surface area (TPSA) is 93.7 Å². The highest BCUT2D eigenvalue weighted by molar-refractivity contribution is 7.89. The molecule has 10 heteroatoms. The van der Waals surface area contributed by atoms with Gasteiger partial charge in [-0.3, -0.25) is 0 Å². The second-order valence-electron chi connectivity index (χ2n) is 12.4. The van der Waals surface area contributed by atoms with Gasteiger partial charge in [-0.1, -0.05) is 48.5 Å². The van der Waals surface area contributed by atoms with E-state index in [1.165, 1.54) is 12.1 Å². The number of carbonyl (C=O) groups excluding carboxylic acids is 1. The van der Waals surface area contributed by atoms with Crippen molar-refractivity contribution in [1.29, 1.82) is 0 Å². The summed E-state index contributed by atoms with van der Waals surface area (Å²) in [5.74, 6) is -3.07. The van der Waals surface area contributed by atoms with Crippen molar-refractivity contribution in [3.05, 3.63) is 94.8 Å². The van der Waals surface area contributed by atoms with Crippen LogP contribution in [0.4, 0.5) is 10.1 Å². The van der Waals surface area contributed by atoms with Crippen LogP contribution in [0, 0.1) is 19.7 Å². The Morgan fingerprint density at radius 2 is 1.66 bits per heavy atom. The van der Waals surface area contributed by atoms with Crippen molar-refractivity contribution in [3.8, 4) is 0 Å². The number of rotatable bonds is 13. The Bertz CT molecular complexity index is 1570. The maximum atomic E-state index is 15.8. The van der Waals surface area contributed by atoms with E-state index in [-0.39, 0.29) is 29.0 Å². The molecule has 0 spiro atoms. The molecule has 238 valence electrons. The number of para-hydroxylation sites is 1. The second-order valence-corrected chi connectivity index (χ2v) is 14.4. The molecule has 1 aliphatic carbocycles. The Kier molecular flexibility index (Phi) is 10.5. The Hall–Kier alpha value is -2.98. The lowest BCUT2D eigenvalue weighted by molar-refractivity contribution is -0.171. The van der Waals surface area contributed by atoms with Crippen molar-refractivity contribution in [1.82, 2.24) is 4.72 Å². The lowest BCUT2D eigenvalue weighted by Crippen LogP contribution is -2.67. The van der Waals surface area contributed by atoms with Crippen LogP contribution in [-0.4, -0.2) is 43.6 Å². The first kappa shape index (κ1) is 33.9. The number of esters is 1. The van der Waals surface area contributed by atoms with Crippen LogP contribution >= 0.6 is 11.6 Å². The molecule has 0 aromatic heterocycles. The monoisotopic (exact) mass is 644 g/mol. The van der Waals surface area contributed by atoms with Gasteiger partial charge < -0.3 is 14.8 Å². The number of ether oxygens (including phenoxy) is 2. The fourth-order valence-corrected chi connectivity index (χ4v) is 7.30. The van der Waals surface area contributed by atoms with E-state index >= 15 is 4.39 Å². The van der Waals surface area contributed by atoms with Crippen molar-refractivity contribution in [2.75, 3.05) is 11.2 Å². The molecule has 1 aliphatic rings. The number of alkyl halides is 1. The predicted octanol–water partition coefficient (Wildman–Crippen LogP) is 7.00. The molecule has 0 bridgehead atoms. The summed E-state index contributed by atoms with van der Waals surface area (Å²) in [6.07, 6.45) is 0.682. The minimum Gasteiger partial charge on any atom is -0.458 e. The normalized spacial score (nSPS) is 16.5. The van der Waals surface area contributed by atoms with Crippen molar-refractivity contribution in [3.63, 3.8) is 0 Å². The van der Waals surface area contributed by atoms with E-state index in [0.29, 0.717) is 11.3 Å². The Labute approximate surface area is 265 Å². The summed E-state index contributed by atoms with van der Waals surface area (Å²) in [5, 5.41) is 3.27. The number of carbonyl (C=O) groups is 1. The average Bonchev–Trinajstić information content (AvgIpc) is 3.79. The standard InChI is InChI=1S/C34H42ClFN2O5S/c1-22-16-19-28(36)31(23(22)2)27(20-35)34(32(39)43-33(4,5)6,24(3)42-21-25-12-8-7-9-13-25)38-44(40,41)30-15-11-10-14-29(30)37-26-17-18-26/h7-16,19,24,26-27,37-38H,17-18,20-21H2,1-6H3. The highest BCUT2D eigenvalue weighted by Crippen LogP contribution is 2.41. The van der Waals surface area contributed by atoms with Crippen LogP contribution in [0.25, 0.3) is 0 Å². The van der Waals surface area contributed by atoms with Crippen LogP contribution in [0.2, 0.25) is 0 Å². The van der Waals surface area contributed by atoms with Gasteiger partial charge in [-0.15, -0.1) is 11.6 Å². The van der Waals surface area contributed by atoms with Gasteiger partial charge in [0.1, 0.15) is 16.3 Å². The number of anilines is 1. The van der Waals surface area contributed by atoms with Crippen molar-refractivity contribution in [2.24, 2.45) is 0 Å². The molecule has 0 heterocycles. The van der Waals surface area contributed by atoms with Gasteiger partial charge in [-0.05, 0) is 94.8 Å². The van der Waals surface area contributed by atoms with Crippen molar-refractivity contribution >= 4 is 33.3 Å². The Morgan fingerprint density at radius 1 is 1.02 bits per heavy atom. The van der Waals surface area contributed by atoms with E-state index in [4.69, 9.17) is 21.1 Å². The lowest BCUT2D eigenvalue weighted by atomic mass is 9.75. The Balaban J connectivity index is 1.95. The highest BCUT2D eigenvalue weighted by atomic mass is 35.5. The maximum absolute atomic E-state index is 15.8. The van der Waals surface area contributed by atoms with Crippen molar-refractivity contribution < 1.29 is 27.1 Å². The van der Waals surface area contributed by atoms with Gasteiger partial charge in [0.15, 0.2) is 5.54 Å². The third-order valence-electron chi connectivity index (χ3n) is 7.92. The summed E-state index contributed by atoms with van der Waals surface area (Å²) in [6, 6.07) is 18.9. The quantitative estimate of drug-likeness (QED) is 0.154. The summed E-state index contributed by atoms with van der Waals surface area (Å²) >= 11 is 6.67. The molecule has 3 aromatic carbocycles. The summed E-state index contributed by atoms with van der Waals surface area (Å²) in [4.78, 5) is 14.5. The number of hydrogen-bond donors (Lipinski definition) is 2. The first-order valence-corrected chi connectivity index (χ1v) is 16.8. The third kappa shape index (κ3) is 7.62. The van der Waals surface area contributed by atoms with E-state index in [2.05, 4.69) is 10.0 Å². The van der Waals surface area contributed by atoms with Gasteiger partial charge in [0, 0.05) is 17.8 Å². The molecule has 3 aromatic rings. The molecule has 0 aliphatic heterocycles. The van der Waals surface area contributed by atoms with E-state index in [0.717, 1.165) is 24.0 Å². The smallest absolute Gasteiger partial charge is 0.331 e. The molecule has 44 heavy (non-hydrogen) atoms. The van der Waals surface area contributed by atoms with Crippen LogP contribution in [0.3, 0.4) is 0 Å². The molecular weight excluding hydrogens is 603 g/mol. The van der Waals surface area contributed by atoms with Gasteiger partial charge in [-0.25, -0.2) is 17.6 Å². The molecule has 1 fully saturated rings. The molecular formula is C34H42ClFN2O5S. The predicted molar refractivity (Wildman–Crippen MR) is 172 cm³/mol. The molecule has 2 N–H and O–H groups in total. The van der Waals surface area contributed by atoms with Crippen LogP contribution in [0.1, 0.15) is 68.7 Å². The zero-order chi connectivity index (χ0) is 32.3. The second kappa shape index (κ2) is 13.6. The highest BCUT2D eigenvalue weighted by Gasteiger charge is 2.57. The lowest BCUT2D eigenvalue weighted by Gasteiger charge is -2.44. The molecule has 0 saturated heterocycles. The van der Waals surface area contributed by atoms with Crippen LogP contribution < -0.4 is 10.0 Å². The number of halogens is 2. The fraction of sp³-hybridized carbons (Fsp3) is 0.441. The van der Waals surface area contributed by atoms with Gasteiger partial charge in [0.05, 0.1) is 18.4 Å². The van der Waals surface area contributed by atoms with E-state index in [1.54, 1.807) is 58.9 Å². The molecule has 4 rings (SSSR count). The molecule has 1 saturated carbocycles. The van der Waals surface area contributed by atoms with Gasteiger partial charge in [0.2, 0.25) is 10.0 Å². The molecule has 7 nitrogen and oxygen atoms in total. The van der Waals surface area contributed by atoms with Crippen molar-refractivity contribution in [2.45, 2.75) is 95.1 Å². The first-order valence-electron chi connectivity index (χ1n) is 14.8. The van der Waals surface area contributed by atoms with Crippen LogP contribution in [0.5, 0.6) is 0 Å². The van der Waals surface area contributed by atoms with E-state index < -0.39 is 45.0 Å². The molecule has 0 radical (unpaired) electrons. The minimum absolute atomic E-state index is 0.0511. The summed E-state index contributed by atoms with van der Waals surface area (Å²) in [6.45, 7) is 10.2. The average molecular weight is 645 g/mol. The maximum Gasteiger partial charge on any atom is 0.331 e. The summed E-state index contributed by atoms with van der Waals surface area (Å²) in [7, 11) is -4.47. The zero-order valence-corrected chi connectivity index (χ0v) is 27.7. The van der Waals surface area contributed by atoms with Gasteiger partial charge in [0.25, 0.3) is 0 Å². The number of nitrogens with one attached hydrogen (secondary N) is 2. The zero-order valence-electron chi connectivity index (χ0n) is 26.1. The SMILES string of the molecule is Cc1ccc(F)c(C(CCl)C(NS(=O)(=O)c2ccccc2NC2CC2)(C(=O)OC(C)(C)C)C(C)OCc2ccccc2)c1C. The first-order chi connectivity index (χ1) is 20.7. The number of sulfonamides is 1. The third-order valence-corrected chi connectivity index (χ3v) is 9.77. The van der Waals surface area contributed by atoms with Crippen LogP contribution in [0.15, 0.2) is 71.6 Å². The molecule has 0 amide bonds. The van der Waals surface area contributed by atoms with Crippen LogP contribution in [-0.2, 0) is 30.9 Å². The fourth-order valence-electron chi connectivity index (χ4n) is 5.28. The van der Waals surface area contributed by atoms with Gasteiger partial charge in [-0.2, -0.15) is 4.72 Å². The Morgan fingerprint density at radius 3 is 2.27 bits per heavy atom.